The lowest BCUT2D eigenvalue weighted by molar-refractivity contribution is -0.108. The van der Waals surface area contributed by atoms with E-state index in [1.165, 1.54) is 0 Å². The van der Waals surface area contributed by atoms with E-state index in [-0.39, 0.29) is 12.5 Å². The molecule has 2 N–H and O–H groups in total. The van der Waals surface area contributed by atoms with Crippen molar-refractivity contribution in [2.75, 3.05) is 13.2 Å². The minimum Gasteiger partial charge on any atom is -0.396 e. The van der Waals surface area contributed by atoms with Gasteiger partial charge in [0.15, 0.2) is 0 Å². The molecule has 0 aromatic heterocycles. The molecule has 3 heteroatoms. The largest absolute Gasteiger partial charge is 0.396 e. The number of aliphatic hydroxyl groups is 1. The first-order chi connectivity index (χ1) is 5.20. The summed E-state index contributed by atoms with van der Waals surface area (Å²) in [5.41, 5.74) is 0. The first-order valence-corrected chi connectivity index (χ1v) is 3.98. The van der Waals surface area contributed by atoms with Crippen molar-refractivity contribution in [2.24, 2.45) is 5.92 Å². The first kappa shape index (κ1) is 10.6. The lowest BCUT2D eigenvalue weighted by atomic mass is 10.1. The second kappa shape index (κ2) is 6.31. The maximum absolute atomic E-state index is 10.1. The third kappa shape index (κ3) is 6.01. The summed E-state index contributed by atoms with van der Waals surface area (Å²) in [5.74, 6) is 0.0786. The highest BCUT2D eigenvalue weighted by Crippen LogP contribution is 1.97. The summed E-state index contributed by atoms with van der Waals surface area (Å²) in [4.78, 5) is 10.1. The number of aliphatic hydroxyl groups excluding tert-OH is 1. The van der Waals surface area contributed by atoms with Crippen LogP contribution < -0.4 is 5.32 Å². The Bertz CT molecular complexity index is 104. The molecule has 0 amide bonds. The smallest absolute Gasteiger partial charge is 0.120 e. The Morgan fingerprint density at radius 2 is 2.18 bits per heavy atom. The molecule has 0 radical (unpaired) electrons. The van der Waals surface area contributed by atoms with Crippen LogP contribution in [0.15, 0.2) is 0 Å². The molecular weight excluding hydrogens is 142 g/mol. The van der Waals surface area contributed by atoms with E-state index in [4.69, 9.17) is 5.11 Å². The summed E-state index contributed by atoms with van der Waals surface area (Å²) in [6.45, 7) is 4.87. The molecule has 0 aliphatic rings. The molecule has 0 saturated carbocycles. The molecule has 1 atom stereocenters. The molecule has 0 unspecified atom stereocenters. The lowest BCUT2D eigenvalue weighted by Crippen LogP contribution is -2.30. The number of hydrogen-bond donors (Lipinski definition) is 2. The molecule has 0 aromatic carbocycles. The number of carbonyl (C=O) groups excluding carboxylic acids is 1. The third-order valence-electron chi connectivity index (χ3n) is 1.50. The standard InChI is InChI=1S/C8H17NO2/c1-7(2)9-5-8(6-11)3-4-10/h4,7-9,11H,3,5-6H2,1-2H3/t8-/m0/s1. The van der Waals surface area contributed by atoms with Gasteiger partial charge in [-0.1, -0.05) is 13.8 Å². The van der Waals surface area contributed by atoms with Crippen LogP contribution in [0.5, 0.6) is 0 Å². The Morgan fingerprint density at radius 1 is 1.55 bits per heavy atom. The van der Waals surface area contributed by atoms with Gasteiger partial charge in [0.25, 0.3) is 0 Å². The van der Waals surface area contributed by atoms with E-state index in [0.717, 1.165) is 6.29 Å². The van der Waals surface area contributed by atoms with Crippen molar-refractivity contribution in [3.8, 4) is 0 Å². The van der Waals surface area contributed by atoms with E-state index in [1.807, 2.05) is 13.8 Å². The zero-order chi connectivity index (χ0) is 8.69. The molecule has 0 spiro atoms. The van der Waals surface area contributed by atoms with Gasteiger partial charge in [-0.15, -0.1) is 0 Å². The minimum atomic E-state index is 0.0786. The molecule has 0 heterocycles. The van der Waals surface area contributed by atoms with E-state index in [9.17, 15) is 4.79 Å². The van der Waals surface area contributed by atoms with Crippen LogP contribution in [-0.2, 0) is 4.79 Å². The average Bonchev–Trinajstić information content (AvgIpc) is 1.97. The number of aldehydes is 1. The zero-order valence-corrected chi connectivity index (χ0v) is 7.21. The first-order valence-electron chi connectivity index (χ1n) is 3.98. The van der Waals surface area contributed by atoms with Gasteiger partial charge in [0, 0.05) is 31.5 Å². The Labute approximate surface area is 67.8 Å². The monoisotopic (exact) mass is 159 g/mol. The molecular formula is C8H17NO2. The Balaban J connectivity index is 3.43. The van der Waals surface area contributed by atoms with Gasteiger partial charge in [0.05, 0.1) is 0 Å². The van der Waals surface area contributed by atoms with E-state index in [0.29, 0.717) is 19.0 Å². The number of hydrogen-bond acceptors (Lipinski definition) is 3. The summed E-state index contributed by atoms with van der Waals surface area (Å²) in [6, 6.07) is 0.413. The quantitative estimate of drug-likeness (QED) is 0.544. The predicted octanol–water partition coefficient (Wildman–Crippen LogP) is 0.182. The highest BCUT2D eigenvalue weighted by Gasteiger charge is 2.06. The number of carbonyl (C=O) groups is 1. The summed E-state index contributed by atoms with van der Waals surface area (Å²) in [5, 5.41) is 11.9. The maximum atomic E-state index is 10.1. The molecule has 0 rings (SSSR count). The van der Waals surface area contributed by atoms with E-state index >= 15 is 0 Å². The van der Waals surface area contributed by atoms with Gasteiger partial charge in [-0.2, -0.15) is 0 Å². The van der Waals surface area contributed by atoms with Gasteiger partial charge in [0.1, 0.15) is 6.29 Å². The Hall–Kier alpha value is -0.410. The molecule has 0 bridgehead atoms. The van der Waals surface area contributed by atoms with Gasteiger partial charge in [-0.05, 0) is 0 Å². The molecule has 0 aromatic rings. The Morgan fingerprint density at radius 3 is 2.55 bits per heavy atom. The van der Waals surface area contributed by atoms with Crippen molar-refractivity contribution < 1.29 is 9.90 Å². The topological polar surface area (TPSA) is 49.3 Å². The molecule has 0 saturated heterocycles. The van der Waals surface area contributed by atoms with Crippen LogP contribution in [-0.4, -0.2) is 30.6 Å². The summed E-state index contributed by atoms with van der Waals surface area (Å²) < 4.78 is 0. The normalized spacial score (nSPS) is 13.5. The molecule has 0 fully saturated rings. The molecule has 11 heavy (non-hydrogen) atoms. The molecule has 0 aliphatic carbocycles. The average molecular weight is 159 g/mol. The van der Waals surface area contributed by atoms with Crippen LogP contribution in [0.25, 0.3) is 0 Å². The number of nitrogens with one attached hydrogen (secondary N) is 1. The highest BCUT2D eigenvalue weighted by molar-refractivity contribution is 5.49. The van der Waals surface area contributed by atoms with Crippen molar-refractivity contribution in [2.45, 2.75) is 26.3 Å². The van der Waals surface area contributed by atoms with Gasteiger partial charge >= 0.3 is 0 Å². The maximum Gasteiger partial charge on any atom is 0.120 e. The molecule has 0 aliphatic heterocycles. The van der Waals surface area contributed by atoms with Crippen molar-refractivity contribution in [1.29, 1.82) is 0 Å². The van der Waals surface area contributed by atoms with Crippen LogP contribution in [0, 0.1) is 5.92 Å². The SMILES string of the molecule is CC(C)NC[C@@H](CO)CC=O. The second-order valence-corrected chi connectivity index (χ2v) is 3.01. The molecule has 66 valence electrons. The van der Waals surface area contributed by atoms with Gasteiger partial charge in [-0.3, -0.25) is 0 Å². The van der Waals surface area contributed by atoms with Crippen LogP contribution >= 0.6 is 0 Å². The fraction of sp³-hybridized carbons (Fsp3) is 0.875. The van der Waals surface area contributed by atoms with Gasteiger partial charge in [0.2, 0.25) is 0 Å². The summed E-state index contributed by atoms with van der Waals surface area (Å²) >= 11 is 0. The van der Waals surface area contributed by atoms with Crippen molar-refractivity contribution >= 4 is 6.29 Å². The van der Waals surface area contributed by atoms with Crippen LogP contribution in [0.2, 0.25) is 0 Å². The van der Waals surface area contributed by atoms with Crippen LogP contribution in [0.4, 0.5) is 0 Å². The van der Waals surface area contributed by atoms with E-state index < -0.39 is 0 Å². The van der Waals surface area contributed by atoms with Crippen LogP contribution in [0.1, 0.15) is 20.3 Å². The van der Waals surface area contributed by atoms with Crippen molar-refractivity contribution in [3.05, 3.63) is 0 Å². The van der Waals surface area contributed by atoms with E-state index in [2.05, 4.69) is 5.32 Å². The zero-order valence-electron chi connectivity index (χ0n) is 7.21. The predicted molar refractivity (Wildman–Crippen MR) is 44.4 cm³/mol. The highest BCUT2D eigenvalue weighted by atomic mass is 16.3. The van der Waals surface area contributed by atoms with E-state index in [1.54, 1.807) is 0 Å². The Kier molecular flexibility index (Phi) is 6.07. The third-order valence-corrected chi connectivity index (χ3v) is 1.50. The minimum absolute atomic E-state index is 0.0786. The fourth-order valence-corrected chi connectivity index (χ4v) is 0.761. The van der Waals surface area contributed by atoms with Crippen molar-refractivity contribution in [3.63, 3.8) is 0 Å². The summed E-state index contributed by atoms with van der Waals surface area (Å²) in [6.07, 6.45) is 1.29. The van der Waals surface area contributed by atoms with Gasteiger partial charge < -0.3 is 15.2 Å². The van der Waals surface area contributed by atoms with Gasteiger partial charge in [-0.25, -0.2) is 0 Å². The number of rotatable bonds is 6. The second-order valence-electron chi connectivity index (χ2n) is 3.01. The van der Waals surface area contributed by atoms with Crippen molar-refractivity contribution in [1.82, 2.24) is 5.32 Å². The summed E-state index contributed by atoms with van der Waals surface area (Å²) in [7, 11) is 0. The molecule has 3 nitrogen and oxygen atoms in total. The van der Waals surface area contributed by atoms with Crippen LogP contribution in [0.3, 0.4) is 0 Å². The fourth-order valence-electron chi connectivity index (χ4n) is 0.761. The lowest BCUT2D eigenvalue weighted by Gasteiger charge is -2.13.